The zero-order chi connectivity index (χ0) is 24.9. The second kappa shape index (κ2) is 9.04. The van der Waals surface area contributed by atoms with Crippen LogP contribution < -0.4 is 4.74 Å². The van der Waals surface area contributed by atoms with Gasteiger partial charge in [-0.25, -0.2) is 29.9 Å². The summed E-state index contributed by atoms with van der Waals surface area (Å²) in [7, 11) is -7.82. The smallest absolute Gasteiger partial charge is 0.211 e. The highest BCUT2D eigenvalue weighted by Crippen LogP contribution is 2.58. The Morgan fingerprint density at radius 2 is 1.74 bits per heavy atom. The van der Waals surface area contributed by atoms with Gasteiger partial charge in [-0.15, -0.1) is 0 Å². The molecule has 2 aliphatic rings. The van der Waals surface area contributed by atoms with E-state index in [4.69, 9.17) is 16.3 Å². The highest BCUT2D eigenvalue weighted by Gasteiger charge is 2.61. The normalized spacial score (nSPS) is 24.9. The topological polar surface area (TPSA) is 80.8 Å². The molecule has 0 saturated heterocycles. The summed E-state index contributed by atoms with van der Waals surface area (Å²) >= 11 is 5.96. The third kappa shape index (κ3) is 4.02. The van der Waals surface area contributed by atoms with Crippen LogP contribution in [0.3, 0.4) is 0 Å². The predicted molar refractivity (Wildman–Crippen MR) is 125 cm³/mol. The second-order valence-corrected chi connectivity index (χ2v) is 13.5. The Balaban J connectivity index is 1.95. The maximum Gasteiger partial charge on any atom is 0.211 e. The third-order valence-corrected chi connectivity index (χ3v) is 11.2. The van der Waals surface area contributed by atoms with E-state index in [2.05, 4.69) is 0 Å². The number of sulfone groups is 1. The summed E-state index contributed by atoms with van der Waals surface area (Å²) in [5, 5.41) is 0.339. The van der Waals surface area contributed by atoms with Crippen molar-refractivity contribution >= 4 is 31.5 Å². The minimum Gasteiger partial charge on any atom is -0.490 e. The summed E-state index contributed by atoms with van der Waals surface area (Å²) in [5.41, 5.74) is -0.314. The lowest BCUT2D eigenvalue weighted by Crippen LogP contribution is -2.56. The van der Waals surface area contributed by atoms with Crippen LogP contribution in [0.2, 0.25) is 5.02 Å². The third-order valence-electron chi connectivity index (χ3n) is 7.04. The molecule has 0 amide bonds. The first-order chi connectivity index (χ1) is 15.9. The van der Waals surface area contributed by atoms with Crippen LogP contribution in [0.25, 0.3) is 0 Å². The molecule has 0 aromatic heterocycles. The monoisotopic (exact) mass is 533 g/mol. The van der Waals surface area contributed by atoms with Gasteiger partial charge in [0.1, 0.15) is 10.6 Å². The second-order valence-electron chi connectivity index (χ2n) is 8.86. The molecule has 1 heterocycles. The molecule has 3 atom stereocenters. The van der Waals surface area contributed by atoms with Crippen LogP contribution in [0.5, 0.6) is 5.75 Å². The van der Waals surface area contributed by atoms with E-state index in [0.717, 1.165) is 18.4 Å². The van der Waals surface area contributed by atoms with E-state index < -0.39 is 53.8 Å². The maximum absolute atomic E-state index is 15.4. The summed E-state index contributed by atoms with van der Waals surface area (Å²) < 4.78 is 88.3. The molecular formula is C23H26ClF2NO5S2. The summed E-state index contributed by atoms with van der Waals surface area (Å²) in [6, 6.07) is 7.41. The first-order valence-corrected chi connectivity index (χ1v) is 14.7. The van der Waals surface area contributed by atoms with Crippen molar-refractivity contribution in [3.63, 3.8) is 0 Å². The van der Waals surface area contributed by atoms with Crippen molar-refractivity contribution in [1.29, 1.82) is 0 Å². The highest BCUT2D eigenvalue weighted by atomic mass is 35.5. The average molecular weight is 534 g/mol. The summed E-state index contributed by atoms with van der Waals surface area (Å²) in [6.07, 6.45) is 2.08. The zero-order valence-electron chi connectivity index (χ0n) is 18.8. The fraction of sp³-hybridized carbons (Fsp3) is 0.478. The summed E-state index contributed by atoms with van der Waals surface area (Å²) in [6.45, 7) is 1.79. The fourth-order valence-corrected chi connectivity index (χ4v) is 8.99. The number of hydrogen-bond donors (Lipinski definition) is 0. The van der Waals surface area contributed by atoms with Gasteiger partial charge in [-0.1, -0.05) is 24.9 Å². The number of hydrogen-bond acceptors (Lipinski definition) is 5. The molecule has 34 heavy (non-hydrogen) atoms. The number of rotatable bonds is 6. The molecule has 11 heteroatoms. The number of ether oxygens (including phenoxy) is 1. The van der Waals surface area contributed by atoms with Crippen molar-refractivity contribution in [3.8, 4) is 5.75 Å². The molecule has 1 aliphatic heterocycles. The number of benzene rings is 2. The Morgan fingerprint density at radius 3 is 2.35 bits per heavy atom. The van der Waals surface area contributed by atoms with Crippen LogP contribution in [0.1, 0.15) is 31.7 Å². The quantitative estimate of drug-likeness (QED) is 0.550. The van der Waals surface area contributed by atoms with Gasteiger partial charge in [-0.2, -0.15) is 0 Å². The molecule has 0 unspecified atom stereocenters. The van der Waals surface area contributed by atoms with Crippen molar-refractivity contribution in [2.45, 2.75) is 35.8 Å². The lowest BCUT2D eigenvalue weighted by atomic mass is 9.67. The highest BCUT2D eigenvalue weighted by molar-refractivity contribution is 7.92. The molecule has 4 rings (SSSR count). The van der Waals surface area contributed by atoms with Crippen LogP contribution >= 0.6 is 11.6 Å². The van der Waals surface area contributed by atoms with E-state index in [9.17, 15) is 21.2 Å². The van der Waals surface area contributed by atoms with Gasteiger partial charge in [0.2, 0.25) is 10.0 Å². The Bertz CT molecular complexity index is 1300. The Kier molecular flexibility index (Phi) is 6.74. The molecule has 6 nitrogen and oxygen atoms in total. The lowest BCUT2D eigenvalue weighted by Gasteiger charge is -2.51. The van der Waals surface area contributed by atoms with Gasteiger partial charge in [-0.05, 0) is 55.2 Å². The Labute approximate surface area is 203 Å². The number of halogens is 3. The summed E-state index contributed by atoms with van der Waals surface area (Å²) in [4.78, 5) is -0.0606. The minimum absolute atomic E-state index is 0.0564. The molecule has 1 saturated carbocycles. The van der Waals surface area contributed by atoms with E-state index in [0.29, 0.717) is 17.9 Å². The van der Waals surface area contributed by atoms with Crippen molar-refractivity contribution in [2.24, 2.45) is 11.8 Å². The summed E-state index contributed by atoms with van der Waals surface area (Å²) in [5.74, 6) is -3.34. The van der Waals surface area contributed by atoms with E-state index in [1.165, 1.54) is 28.6 Å². The van der Waals surface area contributed by atoms with Crippen LogP contribution in [0, 0.1) is 23.5 Å². The fourth-order valence-electron chi connectivity index (χ4n) is 5.49. The number of fused-ring (bicyclic) bond motifs is 3. The molecule has 0 radical (unpaired) electrons. The van der Waals surface area contributed by atoms with Gasteiger partial charge in [-0.3, -0.25) is 0 Å². The first-order valence-electron chi connectivity index (χ1n) is 11.0. The first kappa shape index (κ1) is 25.3. The number of nitrogens with zero attached hydrogens (tertiary/aromatic N) is 1. The number of sulfonamides is 1. The van der Waals surface area contributed by atoms with Crippen LogP contribution in [0.15, 0.2) is 41.3 Å². The van der Waals surface area contributed by atoms with E-state index >= 15 is 4.39 Å². The van der Waals surface area contributed by atoms with Gasteiger partial charge in [0.25, 0.3) is 0 Å². The van der Waals surface area contributed by atoms with Gasteiger partial charge in [0, 0.05) is 24.0 Å². The molecule has 1 aliphatic carbocycles. The molecular weight excluding hydrogens is 508 g/mol. The van der Waals surface area contributed by atoms with Crippen molar-refractivity contribution in [3.05, 3.63) is 58.6 Å². The Morgan fingerprint density at radius 1 is 1.09 bits per heavy atom. The zero-order valence-corrected chi connectivity index (χ0v) is 21.2. The van der Waals surface area contributed by atoms with Crippen LogP contribution in [0.4, 0.5) is 8.78 Å². The van der Waals surface area contributed by atoms with E-state index in [-0.39, 0.29) is 36.6 Å². The minimum atomic E-state index is -4.28. The van der Waals surface area contributed by atoms with Gasteiger partial charge < -0.3 is 4.74 Å². The molecule has 2 aromatic carbocycles. The molecule has 1 fully saturated rings. The molecule has 0 bridgehead atoms. The standard InChI is InChI=1S/C23H26ClF2NO5S2/c1-3-27(33(2,28)29)13-15-5-4-12-23(34(30,31)17-8-6-16(24)7-9-17)18(15)14-32-22-20(26)11-10-19(25)21(22)23/h6-11,15,18H,3-5,12-14H2,1-2H3/t15-,18-,23-/m0/s1. The maximum atomic E-state index is 15.4. The van der Waals surface area contributed by atoms with Gasteiger partial charge >= 0.3 is 0 Å². The largest absolute Gasteiger partial charge is 0.490 e. The lowest BCUT2D eigenvalue weighted by molar-refractivity contribution is 0.0660. The molecule has 0 N–H and O–H groups in total. The van der Waals surface area contributed by atoms with Gasteiger partial charge in [0.05, 0.1) is 23.3 Å². The van der Waals surface area contributed by atoms with Crippen molar-refractivity contribution in [1.82, 2.24) is 4.31 Å². The van der Waals surface area contributed by atoms with Crippen molar-refractivity contribution in [2.75, 3.05) is 26.0 Å². The van der Waals surface area contributed by atoms with E-state index in [1.54, 1.807) is 6.92 Å². The van der Waals surface area contributed by atoms with Crippen LogP contribution in [-0.4, -0.2) is 47.1 Å². The van der Waals surface area contributed by atoms with E-state index in [1.807, 2.05) is 0 Å². The van der Waals surface area contributed by atoms with Crippen molar-refractivity contribution < 1.29 is 30.4 Å². The predicted octanol–water partition coefficient (Wildman–Crippen LogP) is 4.38. The van der Waals surface area contributed by atoms with Crippen LogP contribution in [-0.2, 0) is 24.6 Å². The molecule has 0 spiro atoms. The molecule has 186 valence electrons. The SMILES string of the molecule is CCN(C[C@@H]1CCC[C@@]2(S(=O)(=O)c3ccc(Cl)cc3)c3c(F)ccc(F)c3OC[C@@H]12)S(C)(=O)=O. The average Bonchev–Trinajstić information content (AvgIpc) is 2.78. The molecule has 2 aromatic rings. The Hall–Kier alpha value is -1.75. The van der Waals surface area contributed by atoms with Gasteiger partial charge in [0.15, 0.2) is 21.4 Å².